The molecule has 2 nitrogen and oxygen atoms in total. The average molecular weight is 194 g/mol. The van der Waals surface area contributed by atoms with E-state index < -0.39 is 0 Å². The van der Waals surface area contributed by atoms with E-state index in [1.807, 2.05) is 0 Å². The van der Waals surface area contributed by atoms with Crippen molar-refractivity contribution in [3.8, 4) is 0 Å². The van der Waals surface area contributed by atoms with Gasteiger partial charge < -0.3 is 0 Å². The van der Waals surface area contributed by atoms with Gasteiger partial charge in [0.25, 0.3) is 0 Å². The highest BCUT2D eigenvalue weighted by atomic mass is 15.2. The van der Waals surface area contributed by atoms with Crippen molar-refractivity contribution in [1.29, 1.82) is 0 Å². The third-order valence-electron chi connectivity index (χ3n) is 4.96. The molecule has 80 valence electrons. The van der Waals surface area contributed by atoms with Gasteiger partial charge in [-0.3, -0.25) is 11.3 Å². The van der Waals surface area contributed by atoms with E-state index in [0.29, 0.717) is 6.04 Å². The lowest BCUT2D eigenvalue weighted by atomic mass is 9.79. The van der Waals surface area contributed by atoms with Crippen LogP contribution in [-0.4, -0.2) is 6.04 Å². The molecule has 3 rings (SSSR count). The number of fused-ring (bicyclic) bond motifs is 1. The highest BCUT2D eigenvalue weighted by Crippen LogP contribution is 2.59. The number of nitrogens with one attached hydrogen (secondary N) is 1. The molecule has 0 heterocycles. The van der Waals surface area contributed by atoms with Crippen LogP contribution in [-0.2, 0) is 0 Å². The third-order valence-corrected chi connectivity index (χ3v) is 4.96. The van der Waals surface area contributed by atoms with Gasteiger partial charge >= 0.3 is 0 Å². The first kappa shape index (κ1) is 9.17. The second-order valence-corrected chi connectivity index (χ2v) is 5.64. The molecule has 3 aliphatic rings. The van der Waals surface area contributed by atoms with Gasteiger partial charge in [-0.1, -0.05) is 25.7 Å². The minimum Gasteiger partial charge on any atom is -0.271 e. The monoisotopic (exact) mass is 194 g/mol. The van der Waals surface area contributed by atoms with E-state index in [9.17, 15) is 0 Å². The van der Waals surface area contributed by atoms with Crippen molar-refractivity contribution in [3.05, 3.63) is 0 Å². The Balaban J connectivity index is 1.53. The summed E-state index contributed by atoms with van der Waals surface area (Å²) >= 11 is 0. The number of hydrogen-bond donors (Lipinski definition) is 2. The Morgan fingerprint density at radius 3 is 2.21 bits per heavy atom. The standard InChI is InChI=1S/C12H22N2/c13-14-11(7-8-3-1-4-8)12-9-5-2-6-10(9)12/h8-12,14H,1-7,13H2. The van der Waals surface area contributed by atoms with Gasteiger partial charge in [0.05, 0.1) is 0 Å². The molecule has 14 heavy (non-hydrogen) atoms. The normalized spacial score (nSPS) is 43.1. The molecule has 0 aromatic rings. The molecule has 3 N–H and O–H groups in total. The Morgan fingerprint density at radius 2 is 1.71 bits per heavy atom. The molecule has 0 aromatic heterocycles. The molecule has 3 fully saturated rings. The van der Waals surface area contributed by atoms with Crippen molar-refractivity contribution in [2.24, 2.45) is 29.5 Å². The van der Waals surface area contributed by atoms with E-state index >= 15 is 0 Å². The van der Waals surface area contributed by atoms with Crippen LogP contribution in [0.1, 0.15) is 44.9 Å². The summed E-state index contributed by atoms with van der Waals surface area (Å²) in [5, 5.41) is 0. The Morgan fingerprint density at radius 1 is 1.07 bits per heavy atom. The zero-order chi connectivity index (χ0) is 9.54. The maximum absolute atomic E-state index is 5.69. The van der Waals surface area contributed by atoms with E-state index in [4.69, 9.17) is 5.84 Å². The summed E-state index contributed by atoms with van der Waals surface area (Å²) in [6, 6.07) is 0.649. The van der Waals surface area contributed by atoms with Crippen molar-refractivity contribution in [2.45, 2.75) is 51.0 Å². The van der Waals surface area contributed by atoms with Gasteiger partial charge in [0.1, 0.15) is 0 Å². The summed E-state index contributed by atoms with van der Waals surface area (Å²) in [4.78, 5) is 0. The van der Waals surface area contributed by atoms with Gasteiger partial charge in [-0.05, 0) is 42.9 Å². The molecule has 0 radical (unpaired) electrons. The molecule has 2 heteroatoms. The Labute approximate surface area is 86.6 Å². The highest BCUT2D eigenvalue weighted by Gasteiger charge is 2.55. The molecule has 0 aromatic carbocycles. The molecule has 3 atom stereocenters. The molecule has 0 bridgehead atoms. The predicted molar refractivity (Wildman–Crippen MR) is 57.4 cm³/mol. The SMILES string of the molecule is NNC(CC1CCC1)C1C2CCCC21. The molecule has 3 unspecified atom stereocenters. The lowest BCUT2D eigenvalue weighted by Crippen LogP contribution is -2.40. The second-order valence-electron chi connectivity index (χ2n) is 5.64. The summed E-state index contributed by atoms with van der Waals surface area (Å²) in [7, 11) is 0. The Kier molecular flexibility index (Phi) is 2.29. The van der Waals surface area contributed by atoms with Crippen LogP contribution >= 0.6 is 0 Å². The minimum atomic E-state index is 0.649. The van der Waals surface area contributed by atoms with E-state index in [1.165, 1.54) is 44.9 Å². The summed E-state index contributed by atoms with van der Waals surface area (Å²) < 4.78 is 0. The van der Waals surface area contributed by atoms with E-state index in [-0.39, 0.29) is 0 Å². The smallest absolute Gasteiger partial charge is 0.0246 e. The van der Waals surface area contributed by atoms with Crippen molar-refractivity contribution in [1.82, 2.24) is 5.43 Å². The lowest BCUT2D eigenvalue weighted by molar-refractivity contribution is 0.239. The molecule has 0 spiro atoms. The Hall–Kier alpha value is -0.0800. The number of nitrogens with two attached hydrogens (primary N) is 1. The van der Waals surface area contributed by atoms with Gasteiger partial charge in [0, 0.05) is 6.04 Å². The maximum atomic E-state index is 5.69. The average Bonchev–Trinajstić information content (AvgIpc) is 2.60. The first-order valence-corrected chi connectivity index (χ1v) is 6.36. The zero-order valence-corrected chi connectivity index (χ0v) is 8.91. The van der Waals surface area contributed by atoms with Crippen LogP contribution in [0.2, 0.25) is 0 Å². The van der Waals surface area contributed by atoms with Crippen molar-refractivity contribution in [3.63, 3.8) is 0 Å². The summed E-state index contributed by atoms with van der Waals surface area (Å²) in [5.74, 6) is 9.75. The van der Waals surface area contributed by atoms with Crippen LogP contribution in [0.15, 0.2) is 0 Å². The number of hydrogen-bond acceptors (Lipinski definition) is 2. The minimum absolute atomic E-state index is 0.649. The summed E-state index contributed by atoms with van der Waals surface area (Å²) in [5.41, 5.74) is 3.09. The molecule has 3 saturated carbocycles. The second kappa shape index (κ2) is 3.49. The van der Waals surface area contributed by atoms with Crippen LogP contribution < -0.4 is 11.3 Å². The first-order valence-electron chi connectivity index (χ1n) is 6.36. The van der Waals surface area contributed by atoms with Gasteiger partial charge in [-0.2, -0.15) is 0 Å². The third kappa shape index (κ3) is 1.40. The maximum Gasteiger partial charge on any atom is 0.0246 e. The molecule has 0 amide bonds. The summed E-state index contributed by atoms with van der Waals surface area (Å²) in [6.07, 6.45) is 10.2. The van der Waals surface area contributed by atoms with Crippen LogP contribution in [0.3, 0.4) is 0 Å². The van der Waals surface area contributed by atoms with Gasteiger partial charge in [-0.25, -0.2) is 0 Å². The predicted octanol–water partition coefficient (Wildman–Crippen LogP) is 2.05. The fourth-order valence-corrected chi connectivity index (χ4v) is 3.90. The van der Waals surface area contributed by atoms with Gasteiger partial charge in [0.2, 0.25) is 0 Å². The van der Waals surface area contributed by atoms with Crippen LogP contribution in [0.25, 0.3) is 0 Å². The van der Waals surface area contributed by atoms with Crippen molar-refractivity contribution < 1.29 is 0 Å². The van der Waals surface area contributed by atoms with E-state index in [2.05, 4.69) is 5.43 Å². The quantitative estimate of drug-likeness (QED) is 0.531. The molecule has 0 aliphatic heterocycles. The number of rotatable bonds is 4. The van der Waals surface area contributed by atoms with Crippen LogP contribution in [0, 0.1) is 23.7 Å². The lowest BCUT2D eigenvalue weighted by Gasteiger charge is -2.30. The molecule has 0 saturated heterocycles. The summed E-state index contributed by atoms with van der Waals surface area (Å²) in [6.45, 7) is 0. The Bertz CT molecular complexity index is 202. The van der Waals surface area contributed by atoms with Crippen molar-refractivity contribution in [2.75, 3.05) is 0 Å². The largest absolute Gasteiger partial charge is 0.271 e. The number of hydrazine groups is 1. The molecular formula is C12H22N2. The van der Waals surface area contributed by atoms with E-state index in [0.717, 1.165) is 23.7 Å². The topological polar surface area (TPSA) is 38.0 Å². The van der Waals surface area contributed by atoms with E-state index in [1.54, 1.807) is 0 Å². The molecular weight excluding hydrogens is 172 g/mol. The highest BCUT2D eigenvalue weighted by molar-refractivity contribution is 5.06. The van der Waals surface area contributed by atoms with Crippen molar-refractivity contribution >= 4 is 0 Å². The van der Waals surface area contributed by atoms with Crippen LogP contribution in [0.5, 0.6) is 0 Å². The zero-order valence-electron chi connectivity index (χ0n) is 8.91. The molecule has 3 aliphatic carbocycles. The van der Waals surface area contributed by atoms with Gasteiger partial charge in [-0.15, -0.1) is 0 Å². The fraction of sp³-hybridized carbons (Fsp3) is 1.00. The van der Waals surface area contributed by atoms with Gasteiger partial charge in [0.15, 0.2) is 0 Å². The first-order chi connectivity index (χ1) is 6.90. The fourth-order valence-electron chi connectivity index (χ4n) is 3.90. The van der Waals surface area contributed by atoms with Crippen LogP contribution in [0.4, 0.5) is 0 Å².